The Morgan fingerprint density at radius 2 is 0.926 bits per heavy atom. The summed E-state index contributed by atoms with van der Waals surface area (Å²) in [6.45, 7) is 51.5. The smallest absolute Gasteiger partial charge is 0.318 e. The van der Waals surface area contributed by atoms with Gasteiger partial charge >= 0.3 is 18.0 Å². The van der Waals surface area contributed by atoms with Crippen molar-refractivity contribution in [1.29, 1.82) is 0 Å². The van der Waals surface area contributed by atoms with Crippen LogP contribution in [0.1, 0.15) is 89.5 Å². The molecule has 3 aromatic heterocycles. The molecule has 121 heavy (non-hydrogen) atoms. The number of likely N-dealkylation sites (tertiary alicyclic amines) is 3. The number of nitrogens with zero attached hydrogens (tertiary/aromatic N) is 21. The van der Waals surface area contributed by atoms with E-state index in [1.165, 1.54) is 57.9 Å². The number of benzene rings is 4. The molecule has 28 nitrogen and oxygen atoms in total. The van der Waals surface area contributed by atoms with Crippen LogP contribution in [-0.2, 0) is 53.3 Å². The van der Waals surface area contributed by atoms with Gasteiger partial charge in [-0.15, -0.1) is 0 Å². The summed E-state index contributed by atoms with van der Waals surface area (Å²) in [5.41, 5.74) is 12.5. The molecule has 0 unspecified atom stereocenters. The standard InChI is InChI=1S/C32H37N7O3.C31H39N7O2.C29H36FN7O2/c1-4-30(41)39-17-16-38(19-23(39)18-33-2)31-25-12-15-37(27-11-7-9-22-8-5-6-10-24(22)27)20-26(25)34-32(35-31)42-21-28-29(40)13-14-36(28)3;1-6-9-29(39)38-17-16-37(19-25(38)18-32-4)30-26-13-15-36(28-12-7-10-22(2)23(28)3)20-27(26)33-31(34-30)40-21-24-11-8-14-35(24)5;1-5-27(38)37-15-14-36(17-22(37)16-31-3)28-23-11-13-35(26-10-6-9-24(30)20(26)2)18-25(23)32-29(33-28)39-19-21-8-7-12-34(21)4/h4-11,23,28-29,40H,1,12-21H2,3H3;7,10,12,24-25H,8,11,13-21H2,1-3,5H3;5-6,9-10,21-22H,1,7-8,11-19H2,2,4H3/t23-,28+,29-;24-,25-;21-,22-/m000/s1. The van der Waals surface area contributed by atoms with E-state index in [2.05, 4.69) is 172 Å². The Labute approximate surface area is 710 Å². The molecule has 12 heterocycles. The molecule has 6 saturated heterocycles. The summed E-state index contributed by atoms with van der Waals surface area (Å²) in [5.74, 6) is 7.13. The minimum atomic E-state index is -0.446. The van der Waals surface area contributed by atoms with Crippen molar-refractivity contribution in [2.24, 2.45) is 0 Å². The van der Waals surface area contributed by atoms with Crippen molar-refractivity contribution in [3.63, 3.8) is 0 Å². The highest BCUT2D eigenvalue weighted by Gasteiger charge is 2.41. The van der Waals surface area contributed by atoms with Gasteiger partial charge in [0.2, 0.25) is 31.4 Å². The molecular formula is C92H112FN21O7. The van der Waals surface area contributed by atoms with Crippen LogP contribution in [0.25, 0.3) is 25.3 Å². The molecule has 6 fully saturated rings. The van der Waals surface area contributed by atoms with E-state index < -0.39 is 6.10 Å². The zero-order valence-electron chi connectivity index (χ0n) is 70.9. The first-order valence-electron chi connectivity index (χ1n) is 42.5. The van der Waals surface area contributed by atoms with E-state index >= 15 is 0 Å². The number of rotatable bonds is 20. The van der Waals surface area contributed by atoms with Gasteiger partial charge in [0.25, 0.3) is 5.91 Å². The molecule has 7 atom stereocenters. The monoisotopic (exact) mass is 1640 g/mol. The normalized spacial score (nSPS) is 21.7. The highest BCUT2D eigenvalue weighted by Crippen LogP contribution is 2.39. The Bertz CT molecular complexity index is 5140. The van der Waals surface area contributed by atoms with E-state index in [1.807, 2.05) is 13.1 Å². The maximum atomic E-state index is 14.4. The van der Waals surface area contributed by atoms with Crippen molar-refractivity contribution >= 4 is 63.0 Å². The van der Waals surface area contributed by atoms with E-state index in [4.69, 9.17) is 63.8 Å². The molecule has 9 aliphatic heterocycles. The number of hydrogen-bond donors (Lipinski definition) is 1. The average molecular weight is 1640 g/mol. The van der Waals surface area contributed by atoms with Gasteiger partial charge in [-0.05, 0) is 172 Å². The summed E-state index contributed by atoms with van der Waals surface area (Å²) in [5, 5.41) is 12.9. The van der Waals surface area contributed by atoms with Gasteiger partial charge in [0, 0.05) is 142 Å². The number of amides is 3. The van der Waals surface area contributed by atoms with Crippen molar-refractivity contribution in [2.45, 2.75) is 141 Å². The first kappa shape index (κ1) is 85.7. The highest BCUT2D eigenvalue weighted by molar-refractivity contribution is 5.95. The molecule has 7 aromatic rings. The summed E-state index contributed by atoms with van der Waals surface area (Å²) in [4.78, 5) is 103. The van der Waals surface area contributed by atoms with Gasteiger partial charge in [-0.3, -0.25) is 19.3 Å². The second-order valence-corrected chi connectivity index (χ2v) is 32.9. The summed E-state index contributed by atoms with van der Waals surface area (Å²) in [7, 11) is 6.25. The molecule has 0 bridgehead atoms. The van der Waals surface area contributed by atoms with Crippen LogP contribution in [0.5, 0.6) is 18.0 Å². The average Bonchev–Trinajstić information content (AvgIpc) is 0.872. The zero-order valence-corrected chi connectivity index (χ0v) is 70.9. The summed E-state index contributed by atoms with van der Waals surface area (Å²) >= 11 is 0. The molecule has 3 amide bonds. The number of aryl methyl sites for hydroxylation is 1. The van der Waals surface area contributed by atoms with Crippen molar-refractivity contribution in [3.05, 3.63) is 195 Å². The fraction of sp³-hybridized carbons (Fsp3) is 0.500. The SMILES string of the molecule is [C-]#[N+]C[C@H]1CN(c2nc(OC[C@@H]3CCCN3C)nc3c2CCN(c2cccc(C)c2C)C3)CCN1C(=O)C#CC.[C-]#[N+]C[C@H]1CN(c2nc(OC[C@@H]3CCCN3C)nc3c2CCN(c2cccc(F)c2C)C3)CCN1C(=O)C=C.[C-]#[N+]C[C@H]1CN(c2nc(OC[C@@H]3[C@@H](O)CCN3C)nc3c2CCN(c2cccc4ccccc24)C3)CCN1C(=O)C=C. The van der Waals surface area contributed by atoms with E-state index in [0.717, 1.165) is 128 Å². The Kier molecular flexibility index (Phi) is 27.8. The van der Waals surface area contributed by atoms with Gasteiger partial charge in [0.15, 0.2) is 0 Å². The molecule has 29 heteroatoms. The summed E-state index contributed by atoms with van der Waals surface area (Å²) in [6.07, 6.45) is 9.71. The minimum absolute atomic E-state index is 0.114. The molecule has 16 rings (SSSR count). The summed E-state index contributed by atoms with van der Waals surface area (Å²) < 4.78 is 33.0. The van der Waals surface area contributed by atoms with E-state index in [0.29, 0.717) is 147 Å². The molecule has 0 radical (unpaired) electrons. The maximum absolute atomic E-state index is 14.4. The van der Waals surface area contributed by atoms with Gasteiger partial charge in [-0.1, -0.05) is 73.7 Å². The third-order valence-corrected chi connectivity index (χ3v) is 25.7. The topological polar surface area (TPSA) is 228 Å². The van der Waals surface area contributed by atoms with Gasteiger partial charge in [-0.2, -0.15) is 29.9 Å². The molecule has 0 spiro atoms. The Morgan fingerprint density at radius 1 is 0.496 bits per heavy atom. The van der Waals surface area contributed by atoms with Crippen LogP contribution in [0.2, 0.25) is 0 Å². The number of hydrogen-bond acceptors (Lipinski definition) is 22. The van der Waals surface area contributed by atoms with E-state index in [9.17, 15) is 23.9 Å². The number of aliphatic hydroxyl groups excluding tert-OH is 1. The molecule has 1 N–H and O–H groups in total. The van der Waals surface area contributed by atoms with Crippen LogP contribution in [-0.4, -0.2) is 283 Å². The second-order valence-electron chi connectivity index (χ2n) is 32.9. The number of fused-ring (bicyclic) bond motifs is 4. The number of carbonyl (C=O) groups is 3. The van der Waals surface area contributed by atoms with Crippen LogP contribution >= 0.6 is 0 Å². The number of piperazine rings is 3. The van der Waals surface area contributed by atoms with Crippen molar-refractivity contribution in [2.75, 3.05) is 188 Å². The minimum Gasteiger partial charge on any atom is -0.462 e. The fourth-order valence-corrected chi connectivity index (χ4v) is 18.6. The Hall–Kier alpha value is -11.7. The molecule has 0 saturated carbocycles. The maximum Gasteiger partial charge on any atom is 0.318 e. The number of anilines is 6. The second kappa shape index (κ2) is 39.2. The quantitative estimate of drug-likeness (QED) is 0.0426. The Morgan fingerprint density at radius 3 is 1.38 bits per heavy atom. The van der Waals surface area contributed by atoms with Crippen LogP contribution < -0.4 is 43.6 Å². The number of aromatic nitrogens is 6. The van der Waals surface area contributed by atoms with Crippen LogP contribution in [0.3, 0.4) is 0 Å². The fourth-order valence-electron chi connectivity index (χ4n) is 18.6. The van der Waals surface area contributed by atoms with Gasteiger partial charge in [-0.25, -0.2) is 24.1 Å². The zero-order chi connectivity index (χ0) is 85.0. The lowest BCUT2D eigenvalue weighted by Crippen LogP contribution is -2.56. The van der Waals surface area contributed by atoms with Crippen LogP contribution in [0, 0.1) is 58.1 Å². The first-order chi connectivity index (χ1) is 58.7. The number of aliphatic hydroxyl groups is 1. The van der Waals surface area contributed by atoms with Crippen molar-refractivity contribution in [1.82, 2.24) is 59.3 Å². The predicted octanol–water partition coefficient (Wildman–Crippen LogP) is 8.93. The van der Waals surface area contributed by atoms with Crippen LogP contribution in [0.15, 0.2) is 104 Å². The van der Waals surface area contributed by atoms with Gasteiger partial charge in [0.1, 0.15) is 61.2 Å². The Balaban J connectivity index is 0.000000149. The van der Waals surface area contributed by atoms with Gasteiger partial charge < -0.3 is 87.8 Å². The van der Waals surface area contributed by atoms with Crippen molar-refractivity contribution < 1.29 is 38.1 Å². The lowest BCUT2D eigenvalue weighted by molar-refractivity contribution is -0.129. The largest absolute Gasteiger partial charge is 0.462 e. The van der Waals surface area contributed by atoms with Crippen molar-refractivity contribution in [3.8, 4) is 29.9 Å². The molecule has 634 valence electrons. The van der Waals surface area contributed by atoms with Crippen LogP contribution in [0.4, 0.5) is 38.9 Å². The summed E-state index contributed by atoms with van der Waals surface area (Å²) in [6, 6.07) is 27.3. The molecule has 9 aliphatic rings. The third kappa shape index (κ3) is 19.4. The highest BCUT2D eigenvalue weighted by atomic mass is 19.1. The number of halogens is 1. The third-order valence-electron chi connectivity index (χ3n) is 25.7. The number of likely N-dealkylation sites (N-methyl/N-ethyl adjacent to an activating group) is 3. The molecule has 4 aromatic carbocycles. The lowest BCUT2D eigenvalue weighted by Gasteiger charge is -2.41. The van der Waals surface area contributed by atoms with E-state index in [1.54, 1.807) is 34.6 Å². The molecule has 0 aliphatic carbocycles. The first-order valence-corrected chi connectivity index (χ1v) is 42.5. The van der Waals surface area contributed by atoms with Gasteiger partial charge in [0.05, 0.1) is 48.9 Å². The predicted molar refractivity (Wildman–Crippen MR) is 468 cm³/mol. The van der Waals surface area contributed by atoms with E-state index in [-0.39, 0.29) is 67.3 Å². The lowest BCUT2D eigenvalue weighted by atomic mass is 10.0. The molecular weight excluding hydrogens is 1530 g/mol. The number of ether oxygens (including phenoxy) is 3. The number of carbonyl (C=O) groups excluding carboxylic acids is 3.